The fourth-order valence-electron chi connectivity index (χ4n) is 2.83. The van der Waals surface area contributed by atoms with E-state index < -0.39 is 11.7 Å². The van der Waals surface area contributed by atoms with Gasteiger partial charge in [0.15, 0.2) is 11.0 Å². The summed E-state index contributed by atoms with van der Waals surface area (Å²) in [5, 5.41) is 9.24. The van der Waals surface area contributed by atoms with Crippen LogP contribution in [0.2, 0.25) is 5.15 Å². The van der Waals surface area contributed by atoms with Crippen molar-refractivity contribution >= 4 is 23.4 Å². The molecular weight excluding hydrogens is 433 g/mol. The minimum absolute atomic E-state index is 0.308. The summed E-state index contributed by atoms with van der Waals surface area (Å²) in [5.74, 6) is 0.977. The SMILES string of the molecule is FC(F)(F)c1cccc(-n2c(SCc3ccccc3)nnc2-c2ccc(Cl)nc2)c1. The summed E-state index contributed by atoms with van der Waals surface area (Å²) in [6.07, 6.45) is -2.94. The van der Waals surface area contributed by atoms with E-state index >= 15 is 0 Å². The topological polar surface area (TPSA) is 43.6 Å². The van der Waals surface area contributed by atoms with Crippen molar-refractivity contribution in [2.75, 3.05) is 0 Å². The smallest absolute Gasteiger partial charge is 0.270 e. The largest absolute Gasteiger partial charge is 0.416 e. The number of hydrogen-bond donors (Lipinski definition) is 0. The number of thioether (sulfide) groups is 1. The highest BCUT2D eigenvalue weighted by Crippen LogP contribution is 2.34. The first kappa shape index (κ1) is 20.4. The molecule has 0 saturated carbocycles. The van der Waals surface area contributed by atoms with E-state index in [1.165, 1.54) is 24.0 Å². The molecule has 4 nitrogen and oxygen atoms in total. The van der Waals surface area contributed by atoms with Gasteiger partial charge < -0.3 is 0 Å². The maximum absolute atomic E-state index is 13.3. The lowest BCUT2D eigenvalue weighted by Crippen LogP contribution is -2.07. The highest BCUT2D eigenvalue weighted by Gasteiger charge is 2.31. The van der Waals surface area contributed by atoms with E-state index in [9.17, 15) is 13.2 Å². The van der Waals surface area contributed by atoms with Gasteiger partial charge in [0.1, 0.15) is 5.15 Å². The molecule has 0 fully saturated rings. The van der Waals surface area contributed by atoms with Crippen LogP contribution in [0.1, 0.15) is 11.1 Å². The second-order valence-corrected chi connectivity index (χ2v) is 7.66. The van der Waals surface area contributed by atoms with Crippen LogP contribution in [0.25, 0.3) is 17.1 Å². The molecule has 0 bridgehead atoms. The van der Waals surface area contributed by atoms with Gasteiger partial charge in [-0.25, -0.2) is 4.98 Å². The van der Waals surface area contributed by atoms with Crippen molar-refractivity contribution in [3.05, 3.63) is 89.2 Å². The van der Waals surface area contributed by atoms with E-state index in [4.69, 9.17) is 11.6 Å². The third-order valence-corrected chi connectivity index (χ3v) is 5.49. The maximum atomic E-state index is 13.3. The fraction of sp³-hybridized carbons (Fsp3) is 0.0952. The Kier molecular flexibility index (Phi) is 5.78. The van der Waals surface area contributed by atoms with Crippen LogP contribution in [0.4, 0.5) is 13.2 Å². The van der Waals surface area contributed by atoms with Crippen molar-refractivity contribution in [2.24, 2.45) is 0 Å². The van der Waals surface area contributed by atoms with Gasteiger partial charge in [0, 0.05) is 17.5 Å². The Morgan fingerprint density at radius 3 is 2.43 bits per heavy atom. The zero-order valence-corrected chi connectivity index (χ0v) is 16.9. The molecule has 0 spiro atoms. The summed E-state index contributed by atoms with van der Waals surface area (Å²) in [6, 6.07) is 18.1. The van der Waals surface area contributed by atoms with Crippen molar-refractivity contribution in [2.45, 2.75) is 17.1 Å². The minimum atomic E-state index is -4.46. The molecule has 4 aromatic rings. The Bertz CT molecular complexity index is 1150. The second kappa shape index (κ2) is 8.49. The van der Waals surface area contributed by atoms with Crippen LogP contribution in [0.15, 0.2) is 78.1 Å². The molecule has 2 aromatic heterocycles. The average Bonchev–Trinajstić information content (AvgIpc) is 3.17. The average molecular weight is 447 g/mol. The van der Waals surface area contributed by atoms with Crippen LogP contribution in [0.3, 0.4) is 0 Å². The van der Waals surface area contributed by atoms with Gasteiger partial charge in [-0.2, -0.15) is 13.2 Å². The second-order valence-electron chi connectivity index (χ2n) is 6.33. The molecule has 30 heavy (non-hydrogen) atoms. The lowest BCUT2D eigenvalue weighted by Gasteiger charge is -2.13. The summed E-state index contributed by atoms with van der Waals surface area (Å²) in [7, 11) is 0. The Morgan fingerprint density at radius 2 is 1.73 bits per heavy atom. The molecular formula is C21H14ClF3N4S. The van der Waals surface area contributed by atoms with Gasteiger partial charge in [-0.3, -0.25) is 4.57 Å². The number of benzene rings is 2. The number of halogens is 4. The van der Waals surface area contributed by atoms with Crippen molar-refractivity contribution in [3.8, 4) is 17.1 Å². The standard InChI is InChI=1S/C21H14ClF3N4S/c22-18-10-9-15(12-26-18)19-27-28-20(30-13-14-5-2-1-3-6-14)29(19)17-8-4-7-16(11-17)21(23,24)25/h1-12H,13H2. The van der Waals surface area contributed by atoms with Gasteiger partial charge in [-0.1, -0.05) is 59.8 Å². The molecule has 0 atom stereocenters. The fourth-order valence-corrected chi connectivity index (χ4v) is 3.85. The summed E-state index contributed by atoms with van der Waals surface area (Å²) in [5.41, 5.74) is 1.23. The lowest BCUT2D eigenvalue weighted by molar-refractivity contribution is -0.137. The molecule has 4 rings (SSSR count). The monoisotopic (exact) mass is 446 g/mol. The van der Waals surface area contributed by atoms with Crippen LogP contribution < -0.4 is 0 Å². The Hall–Kier alpha value is -2.84. The van der Waals surface area contributed by atoms with E-state index in [0.717, 1.165) is 17.7 Å². The van der Waals surface area contributed by atoms with Crippen LogP contribution >= 0.6 is 23.4 Å². The molecule has 0 radical (unpaired) electrons. The number of pyridine rings is 1. The minimum Gasteiger partial charge on any atom is -0.270 e. The highest BCUT2D eigenvalue weighted by atomic mass is 35.5. The zero-order valence-electron chi connectivity index (χ0n) is 15.3. The van der Waals surface area contributed by atoms with E-state index in [1.807, 2.05) is 30.3 Å². The Balaban J connectivity index is 1.79. The molecule has 9 heteroatoms. The molecule has 2 aromatic carbocycles. The van der Waals surface area contributed by atoms with E-state index in [-0.39, 0.29) is 0 Å². The number of alkyl halides is 3. The highest BCUT2D eigenvalue weighted by molar-refractivity contribution is 7.98. The van der Waals surface area contributed by atoms with Gasteiger partial charge in [0.05, 0.1) is 11.3 Å². The third-order valence-electron chi connectivity index (χ3n) is 4.26. The van der Waals surface area contributed by atoms with Crippen LogP contribution in [-0.2, 0) is 11.9 Å². The molecule has 0 aliphatic rings. The van der Waals surface area contributed by atoms with Crippen LogP contribution in [-0.4, -0.2) is 19.7 Å². The van der Waals surface area contributed by atoms with Crippen molar-refractivity contribution in [3.63, 3.8) is 0 Å². The van der Waals surface area contributed by atoms with Crippen molar-refractivity contribution < 1.29 is 13.2 Å². The lowest BCUT2D eigenvalue weighted by atomic mass is 10.2. The predicted molar refractivity (Wildman–Crippen MR) is 111 cm³/mol. The summed E-state index contributed by atoms with van der Waals surface area (Å²) >= 11 is 7.26. The number of rotatable bonds is 5. The van der Waals surface area contributed by atoms with Gasteiger partial charge in [0.25, 0.3) is 0 Å². The van der Waals surface area contributed by atoms with Crippen LogP contribution in [0.5, 0.6) is 0 Å². The summed E-state index contributed by atoms with van der Waals surface area (Å²) < 4.78 is 41.4. The van der Waals surface area contributed by atoms with Gasteiger partial charge in [-0.05, 0) is 35.9 Å². The summed E-state index contributed by atoms with van der Waals surface area (Å²) in [4.78, 5) is 4.05. The molecule has 2 heterocycles. The van der Waals surface area contributed by atoms with Gasteiger partial charge in [-0.15, -0.1) is 10.2 Å². The van der Waals surface area contributed by atoms with E-state index in [1.54, 1.807) is 22.8 Å². The van der Waals surface area contributed by atoms with Crippen molar-refractivity contribution in [1.29, 1.82) is 0 Å². The number of nitrogens with zero attached hydrogens (tertiary/aromatic N) is 4. The van der Waals surface area contributed by atoms with Crippen molar-refractivity contribution in [1.82, 2.24) is 19.7 Å². The first-order valence-electron chi connectivity index (χ1n) is 8.83. The van der Waals surface area contributed by atoms with E-state index in [0.29, 0.717) is 33.1 Å². The van der Waals surface area contributed by atoms with Gasteiger partial charge >= 0.3 is 6.18 Å². The number of hydrogen-bond acceptors (Lipinski definition) is 4. The zero-order chi connectivity index (χ0) is 21.1. The molecule has 0 amide bonds. The van der Waals surface area contributed by atoms with Gasteiger partial charge in [0.2, 0.25) is 0 Å². The normalized spacial score (nSPS) is 11.6. The quantitative estimate of drug-likeness (QED) is 0.267. The summed E-state index contributed by atoms with van der Waals surface area (Å²) in [6.45, 7) is 0. The molecule has 0 aliphatic heterocycles. The molecule has 0 saturated heterocycles. The van der Waals surface area contributed by atoms with Crippen LogP contribution in [0, 0.1) is 0 Å². The van der Waals surface area contributed by atoms with E-state index in [2.05, 4.69) is 15.2 Å². The first-order chi connectivity index (χ1) is 14.4. The molecule has 0 unspecified atom stereocenters. The first-order valence-corrected chi connectivity index (χ1v) is 10.2. The maximum Gasteiger partial charge on any atom is 0.416 e. The molecule has 0 aliphatic carbocycles. The third kappa shape index (κ3) is 4.49. The Labute approximate surface area is 179 Å². The predicted octanol–water partition coefficient (Wildman–Crippen LogP) is 6.29. The Morgan fingerprint density at radius 1 is 0.933 bits per heavy atom. The number of aromatic nitrogens is 4. The molecule has 152 valence electrons. The molecule has 0 N–H and O–H groups in total.